The number of aromatic carboxylic acids is 1. The number of rotatable bonds is 5. The number of carboxylic acid groups (broad SMARTS) is 1. The molecule has 19 heavy (non-hydrogen) atoms. The van der Waals surface area contributed by atoms with Crippen molar-refractivity contribution in [3.8, 4) is 0 Å². The standard InChI is InChI=1S/C11H15NO6S/c1-17-8-4-2-3-7(8)12-19(15,16)10-6-5-9(18-10)11(13)14/h5-8,12H,2-4H2,1H3,(H,13,14). The van der Waals surface area contributed by atoms with Gasteiger partial charge in [0.2, 0.25) is 10.9 Å². The monoisotopic (exact) mass is 289 g/mol. The van der Waals surface area contributed by atoms with Crippen molar-refractivity contribution in [1.29, 1.82) is 0 Å². The van der Waals surface area contributed by atoms with Crippen LogP contribution in [-0.2, 0) is 14.8 Å². The van der Waals surface area contributed by atoms with Crippen LogP contribution >= 0.6 is 0 Å². The number of ether oxygens (including phenoxy) is 1. The van der Waals surface area contributed by atoms with Gasteiger partial charge in [0.15, 0.2) is 0 Å². The lowest BCUT2D eigenvalue weighted by atomic mass is 10.2. The average Bonchev–Trinajstić information content (AvgIpc) is 2.95. The first-order valence-electron chi connectivity index (χ1n) is 5.82. The second-order valence-electron chi connectivity index (χ2n) is 4.36. The van der Waals surface area contributed by atoms with Gasteiger partial charge in [0.1, 0.15) is 0 Å². The number of methoxy groups -OCH3 is 1. The maximum atomic E-state index is 12.0. The average molecular weight is 289 g/mol. The third-order valence-electron chi connectivity index (χ3n) is 3.12. The van der Waals surface area contributed by atoms with Crippen molar-refractivity contribution in [2.24, 2.45) is 0 Å². The van der Waals surface area contributed by atoms with Gasteiger partial charge in [0, 0.05) is 13.2 Å². The van der Waals surface area contributed by atoms with E-state index in [1.807, 2.05) is 0 Å². The highest BCUT2D eigenvalue weighted by molar-refractivity contribution is 7.89. The van der Waals surface area contributed by atoms with Gasteiger partial charge in [0.05, 0.1) is 6.10 Å². The van der Waals surface area contributed by atoms with Crippen LogP contribution < -0.4 is 4.72 Å². The number of furan rings is 1. The molecular formula is C11H15NO6S. The molecule has 0 radical (unpaired) electrons. The Hall–Kier alpha value is -1.38. The van der Waals surface area contributed by atoms with E-state index in [1.165, 1.54) is 7.11 Å². The number of nitrogens with one attached hydrogen (secondary N) is 1. The van der Waals surface area contributed by atoms with Gasteiger partial charge in [-0.15, -0.1) is 0 Å². The zero-order valence-corrected chi connectivity index (χ0v) is 11.1. The summed E-state index contributed by atoms with van der Waals surface area (Å²) in [6.07, 6.45) is 2.19. The largest absolute Gasteiger partial charge is 0.475 e. The van der Waals surface area contributed by atoms with Crippen LogP contribution in [0.1, 0.15) is 29.8 Å². The van der Waals surface area contributed by atoms with Crippen molar-refractivity contribution >= 4 is 16.0 Å². The van der Waals surface area contributed by atoms with E-state index in [9.17, 15) is 13.2 Å². The highest BCUT2D eigenvalue weighted by Gasteiger charge is 2.32. The third kappa shape index (κ3) is 2.96. The number of hydrogen-bond donors (Lipinski definition) is 2. The zero-order chi connectivity index (χ0) is 14.0. The Kier molecular flexibility index (Phi) is 3.93. The predicted octanol–water partition coefficient (Wildman–Crippen LogP) is 0.824. The van der Waals surface area contributed by atoms with Gasteiger partial charge in [0.25, 0.3) is 10.0 Å². The molecule has 2 N–H and O–H groups in total. The van der Waals surface area contributed by atoms with Crippen LogP contribution in [0, 0.1) is 0 Å². The van der Waals surface area contributed by atoms with E-state index < -0.39 is 26.8 Å². The lowest BCUT2D eigenvalue weighted by Gasteiger charge is -2.18. The Balaban J connectivity index is 2.15. The molecule has 1 fully saturated rings. The quantitative estimate of drug-likeness (QED) is 0.831. The van der Waals surface area contributed by atoms with Gasteiger partial charge in [-0.3, -0.25) is 0 Å². The van der Waals surface area contributed by atoms with Crippen LogP contribution in [-0.4, -0.2) is 38.7 Å². The van der Waals surface area contributed by atoms with Gasteiger partial charge in [-0.25, -0.2) is 17.9 Å². The predicted molar refractivity (Wildman–Crippen MR) is 64.4 cm³/mol. The van der Waals surface area contributed by atoms with Crippen molar-refractivity contribution in [3.05, 3.63) is 17.9 Å². The fraction of sp³-hybridized carbons (Fsp3) is 0.545. The van der Waals surface area contributed by atoms with Crippen LogP contribution in [0.15, 0.2) is 21.6 Å². The molecule has 0 saturated heterocycles. The van der Waals surface area contributed by atoms with E-state index in [1.54, 1.807) is 0 Å². The van der Waals surface area contributed by atoms with Crippen LogP contribution in [0.4, 0.5) is 0 Å². The minimum absolute atomic E-state index is 0.163. The molecule has 106 valence electrons. The molecule has 2 rings (SSSR count). The highest BCUT2D eigenvalue weighted by Crippen LogP contribution is 2.24. The Bertz CT molecular complexity index is 563. The number of sulfonamides is 1. The fourth-order valence-electron chi connectivity index (χ4n) is 2.18. The summed E-state index contributed by atoms with van der Waals surface area (Å²) in [5, 5.41) is 8.30. The van der Waals surface area contributed by atoms with Gasteiger partial charge in [-0.2, -0.15) is 0 Å². The van der Waals surface area contributed by atoms with E-state index >= 15 is 0 Å². The highest BCUT2D eigenvalue weighted by atomic mass is 32.2. The van der Waals surface area contributed by atoms with Gasteiger partial charge in [-0.05, 0) is 31.4 Å². The second kappa shape index (κ2) is 5.32. The molecule has 0 aliphatic heterocycles. The Morgan fingerprint density at radius 3 is 2.79 bits per heavy atom. The van der Waals surface area contributed by atoms with E-state index in [4.69, 9.17) is 14.3 Å². The zero-order valence-electron chi connectivity index (χ0n) is 10.3. The molecule has 0 spiro atoms. The first-order chi connectivity index (χ1) is 8.94. The van der Waals surface area contributed by atoms with Crippen LogP contribution in [0.2, 0.25) is 0 Å². The summed E-state index contributed by atoms with van der Waals surface area (Å²) in [4.78, 5) is 10.7. The topological polar surface area (TPSA) is 106 Å². The van der Waals surface area contributed by atoms with Crippen molar-refractivity contribution in [2.75, 3.05) is 7.11 Å². The third-order valence-corrected chi connectivity index (χ3v) is 4.48. The lowest BCUT2D eigenvalue weighted by Crippen LogP contribution is -2.40. The van der Waals surface area contributed by atoms with E-state index in [-0.39, 0.29) is 12.1 Å². The molecule has 1 aliphatic carbocycles. The number of hydrogen-bond acceptors (Lipinski definition) is 5. The molecule has 1 aromatic rings. The Morgan fingerprint density at radius 1 is 1.47 bits per heavy atom. The second-order valence-corrected chi connectivity index (χ2v) is 6.00. The molecule has 0 amide bonds. The SMILES string of the molecule is COC1CCCC1NS(=O)(=O)c1ccc(C(=O)O)o1. The molecule has 2 unspecified atom stereocenters. The summed E-state index contributed by atoms with van der Waals surface area (Å²) in [7, 11) is -2.32. The molecule has 7 nitrogen and oxygen atoms in total. The fourth-order valence-corrected chi connectivity index (χ4v) is 3.41. The van der Waals surface area contributed by atoms with Crippen molar-refractivity contribution in [1.82, 2.24) is 4.72 Å². The smallest absolute Gasteiger partial charge is 0.371 e. The molecule has 1 saturated carbocycles. The van der Waals surface area contributed by atoms with Crippen molar-refractivity contribution in [2.45, 2.75) is 36.5 Å². The normalized spacial score (nSPS) is 23.6. The minimum Gasteiger partial charge on any atom is -0.475 e. The Labute approximate surface area is 110 Å². The van der Waals surface area contributed by atoms with Gasteiger partial charge in [-0.1, -0.05) is 0 Å². The van der Waals surface area contributed by atoms with Crippen LogP contribution in [0.5, 0.6) is 0 Å². The summed E-state index contributed by atoms with van der Waals surface area (Å²) >= 11 is 0. The maximum Gasteiger partial charge on any atom is 0.371 e. The van der Waals surface area contributed by atoms with Crippen LogP contribution in [0.3, 0.4) is 0 Å². The number of carbonyl (C=O) groups is 1. The lowest BCUT2D eigenvalue weighted by molar-refractivity contribution is 0.0656. The summed E-state index contributed by atoms with van der Waals surface area (Å²) in [5.74, 6) is -1.72. The number of carboxylic acids is 1. The first-order valence-corrected chi connectivity index (χ1v) is 7.30. The summed E-state index contributed by atoms with van der Waals surface area (Å²) < 4.78 is 36.5. The Morgan fingerprint density at radius 2 is 2.21 bits per heavy atom. The molecule has 1 aliphatic rings. The van der Waals surface area contributed by atoms with E-state index in [2.05, 4.69) is 4.72 Å². The first kappa shape index (κ1) is 14.0. The van der Waals surface area contributed by atoms with E-state index in [0.717, 1.165) is 25.0 Å². The van der Waals surface area contributed by atoms with Crippen molar-refractivity contribution < 1.29 is 27.5 Å². The van der Waals surface area contributed by atoms with Crippen molar-refractivity contribution in [3.63, 3.8) is 0 Å². The molecule has 0 aromatic carbocycles. The van der Waals surface area contributed by atoms with Crippen LogP contribution in [0.25, 0.3) is 0 Å². The molecule has 1 heterocycles. The maximum absolute atomic E-state index is 12.0. The molecule has 0 bridgehead atoms. The van der Waals surface area contributed by atoms with E-state index in [0.29, 0.717) is 6.42 Å². The van der Waals surface area contributed by atoms with Gasteiger partial charge < -0.3 is 14.3 Å². The summed E-state index contributed by atoms with van der Waals surface area (Å²) in [6.45, 7) is 0. The summed E-state index contributed by atoms with van der Waals surface area (Å²) in [6, 6.07) is 1.93. The minimum atomic E-state index is -3.86. The summed E-state index contributed by atoms with van der Waals surface area (Å²) in [5.41, 5.74) is 0. The molecule has 1 aromatic heterocycles. The molecule has 2 atom stereocenters. The molecular weight excluding hydrogens is 274 g/mol. The molecule has 8 heteroatoms. The van der Waals surface area contributed by atoms with Gasteiger partial charge >= 0.3 is 5.97 Å².